The molecule has 0 amide bonds. The average Bonchev–Trinajstić information content (AvgIpc) is 2.52. The fraction of sp³-hybridized carbons (Fsp3) is 0. The van der Waals surface area contributed by atoms with Gasteiger partial charge in [0.25, 0.3) is 13.4 Å². The van der Waals surface area contributed by atoms with Crippen molar-refractivity contribution < 1.29 is 18.9 Å². The van der Waals surface area contributed by atoms with Gasteiger partial charge in [-0.25, -0.2) is 0 Å². The lowest BCUT2D eigenvalue weighted by atomic mass is 9.30. The van der Waals surface area contributed by atoms with Gasteiger partial charge in [-0.1, -0.05) is 140 Å². The molecule has 0 radical (unpaired) electrons. The molecular weight excluding hydrogens is 1010 g/mol. The quantitative estimate of drug-likeness (QED) is 0.126. The minimum atomic E-state index is -0.368. The van der Waals surface area contributed by atoms with Crippen LogP contribution in [0.1, 0.15) is 0 Å². The van der Waals surface area contributed by atoms with Crippen molar-refractivity contribution in [3.63, 3.8) is 0 Å². The average molecular weight is 1050 g/mol. The van der Waals surface area contributed by atoms with E-state index in [-0.39, 0.29) is 13.4 Å². The lowest BCUT2D eigenvalue weighted by molar-refractivity contribution is 0.453. The first-order chi connectivity index (χ1) is 40.7. The Morgan fingerprint density at radius 1 is 0.232 bits per heavy atom. The maximum Gasteiger partial charge on any atom is 0.265 e. The molecule has 0 N–H and O–H groups in total. The zero-order valence-corrected chi connectivity index (χ0v) is 44.1. The number of para-hydroxylation sites is 7. The van der Waals surface area contributed by atoms with Gasteiger partial charge in [0.15, 0.2) is 0 Å². The van der Waals surface area contributed by atoms with Crippen molar-refractivity contribution in [2.45, 2.75) is 0 Å². The second kappa shape index (κ2) is 18.4. The standard InChI is InChI=1S/C72H46B2N4O4/c1-8-23-47(24-9-1)75(48-25-10-2-11-26-48)54-39-60-69-64(40-54)79-61-37-22-38-62-70(61)73(69)57-45-58-63(46-59(57)78(60)53-35-20-7-21-36-53)81-66-42-56(77(51-31-16-5-17-32-51)52-33-18-6-19-34-52)44-68-72(66)74(58)71-65(80-62)41-55(43-67(71)82-68)76(49-27-12-3-13-28-49)50-29-14-4-15-30-50/h1-46H. The van der Waals surface area contributed by atoms with E-state index in [1.807, 2.05) is 6.07 Å². The number of ether oxygens (including phenoxy) is 4. The van der Waals surface area contributed by atoms with Crippen LogP contribution in [0.4, 0.5) is 68.2 Å². The molecule has 384 valence electrons. The van der Waals surface area contributed by atoms with E-state index < -0.39 is 0 Å². The summed E-state index contributed by atoms with van der Waals surface area (Å²) in [5.41, 5.74) is 17.8. The zero-order chi connectivity index (χ0) is 53.8. The predicted octanol–water partition coefficient (Wildman–Crippen LogP) is 15.3. The highest BCUT2D eigenvalue weighted by Crippen LogP contribution is 2.51. The predicted molar refractivity (Wildman–Crippen MR) is 334 cm³/mol. The number of benzene rings is 12. The van der Waals surface area contributed by atoms with Gasteiger partial charge in [-0.05, 0) is 120 Å². The largest absolute Gasteiger partial charge is 0.458 e. The van der Waals surface area contributed by atoms with Gasteiger partial charge in [0.05, 0.1) is 17.1 Å². The van der Waals surface area contributed by atoms with Crippen LogP contribution in [0.3, 0.4) is 0 Å². The summed E-state index contributed by atoms with van der Waals surface area (Å²) in [7, 11) is 0. The summed E-state index contributed by atoms with van der Waals surface area (Å²) in [6.07, 6.45) is 0. The molecule has 0 saturated carbocycles. The SMILES string of the molecule is c1ccc(N(c2ccccc2)c2cc3c4c(c2)Oc2cc(N(c5ccccc5)c5ccccc5)cc5c2B4c2cc4c(cc2O3)N(c2ccccc2)c2cc(N(c3ccccc3)c3ccccc3)cc3c2B4c2c(cccc2O3)O5)cc1. The van der Waals surface area contributed by atoms with Gasteiger partial charge in [-0.15, -0.1) is 0 Å². The molecule has 0 aliphatic carbocycles. The summed E-state index contributed by atoms with van der Waals surface area (Å²) in [4.78, 5) is 9.24. The Hall–Kier alpha value is -10.8. The van der Waals surface area contributed by atoms with E-state index in [1.165, 1.54) is 0 Å². The van der Waals surface area contributed by atoms with Crippen molar-refractivity contribution in [2.24, 2.45) is 0 Å². The molecule has 5 aliphatic heterocycles. The third-order valence-electron chi connectivity index (χ3n) is 16.5. The normalized spacial score (nSPS) is 13.0. The summed E-state index contributed by atoms with van der Waals surface area (Å²) >= 11 is 0. The van der Waals surface area contributed by atoms with E-state index in [9.17, 15) is 0 Å². The fourth-order valence-corrected chi connectivity index (χ4v) is 13.1. The van der Waals surface area contributed by atoms with Crippen LogP contribution in [0, 0.1) is 0 Å². The van der Waals surface area contributed by atoms with Gasteiger partial charge < -0.3 is 38.5 Å². The zero-order valence-electron chi connectivity index (χ0n) is 44.1. The van der Waals surface area contributed by atoms with Crippen molar-refractivity contribution in [1.82, 2.24) is 0 Å². The Morgan fingerprint density at radius 2 is 0.549 bits per heavy atom. The van der Waals surface area contributed by atoms with Gasteiger partial charge in [-0.3, -0.25) is 0 Å². The Kier molecular flexibility index (Phi) is 10.3. The first-order valence-corrected chi connectivity index (χ1v) is 27.8. The van der Waals surface area contributed by atoms with Crippen LogP contribution in [0.5, 0.6) is 46.0 Å². The van der Waals surface area contributed by atoms with Gasteiger partial charge >= 0.3 is 0 Å². The van der Waals surface area contributed by atoms with E-state index in [0.29, 0.717) is 28.7 Å². The Bertz CT molecular complexity index is 4370. The summed E-state index contributed by atoms with van der Waals surface area (Å²) in [5, 5.41) is 0. The van der Waals surface area contributed by atoms with Gasteiger partial charge in [-0.2, -0.15) is 0 Å². The van der Waals surface area contributed by atoms with E-state index >= 15 is 0 Å². The topological polar surface area (TPSA) is 49.9 Å². The summed E-state index contributed by atoms with van der Waals surface area (Å²) < 4.78 is 30.0. The van der Waals surface area contributed by atoms with Crippen LogP contribution < -0.4 is 71.3 Å². The molecule has 2 bridgehead atoms. The summed E-state index contributed by atoms with van der Waals surface area (Å²) in [6, 6.07) is 97.9. The number of anilines is 12. The van der Waals surface area contributed by atoms with E-state index in [0.717, 1.165) is 118 Å². The van der Waals surface area contributed by atoms with E-state index in [1.54, 1.807) is 0 Å². The lowest BCUT2D eigenvalue weighted by Crippen LogP contribution is -2.63. The number of rotatable bonds is 10. The molecule has 0 fully saturated rings. The number of hydrogen-bond acceptors (Lipinski definition) is 8. The maximum absolute atomic E-state index is 7.72. The molecule has 5 aliphatic rings. The smallest absolute Gasteiger partial charge is 0.265 e. The Morgan fingerprint density at radius 3 is 0.951 bits per heavy atom. The molecule has 82 heavy (non-hydrogen) atoms. The fourth-order valence-electron chi connectivity index (χ4n) is 13.1. The molecule has 5 heterocycles. The summed E-state index contributed by atoms with van der Waals surface area (Å²) in [6.45, 7) is -0.683. The van der Waals surface area contributed by atoms with Crippen molar-refractivity contribution in [3.8, 4) is 46.0 Å². The molecule has 10 heteroatoms. The second-order valence-corrected chi connectivity index (χ2v) is 21.2. The molecule has 17 rings (SSSR count). The minimum absolute atomic E-state index is 0.316. The first-order valence-electron chi connectivity index (χ1n) is 27.8. The van der Waals surface area contributed by atoms with Crippen LogP contribution >= 0.6 is 0 Å². The number of nitrogens with zero attached hydrogens (tertiary/aromatic N) is 4. The minimum Gasteiger partial charge on any atom is -0.458 e. The van der Waals surface area contributed by atoms with Crippen LogP contribution in [0.2, 0.25) is 0 Å². The molecule has 0 unspecified atom stereocenters. The second-order valence-electron chi connectivity index (χ2n) is 21.2. The molecule has 12 aromatic rings. The van der Waals surface area contributed by atoms with Crippen LogP contribution in [0.15, 0.2) is 279 Å². The Labute approximate surface area is 475 Å². The molecule has 0 atom stereocenters. The molecule has 0 spiro atoms. The van der Waals surface area contributed by atoms with Gasteiger partial charge in [0.2, 0.25) is 0 Å². The summed E-state index contributed by atoms with van der Waals surface area (Å²) in [5.74, 6) is 5.72. The molecule has 0 saturated heterocycles. The van der Waals surface area contributed by atoms with Crippen molar-refractivity contribution >= 4 is 114 Å². The van der Waals surface area contributed by atoms with Crippen LogP contribution in [-0.4, -0.2) is 13.4 Å². The van der Waals surface area contributed by atoms with Crippen molar-refractivity contribution in [3.05, 3.63) is 279 Å². The number of hydrogen-bond donors (Lipinski definition) is 0. The molecular formula is C72H46B2N4O4. The van der Waals surface area contributed by atoms with Gasteiger partial charge in [0.1, 0.15) is 46.0 Å². The highest BCUT2D eigenvalue weighted by molar-refractivity contribution is 7.02. The van der Waals surface area contributed by atoms with E-state index in [4.69, 9.17) is 18.9 Å². The van der Waals surface area contributed by atoms with Crippen LogP contribution in [0.25, 0.3) is 0 Å². The Balaban J connectivity index is 0.959. The van der Waals surface area contributed by atoms with Crippen molar-refractivity contribution in [2.75, 3.05) is 19.6 Å². The van der Waals surface area contributed by atoms with Crippen molar-refractivity contribution in [1.29, 1.82) is 0 Å². The molecule has 12 aromatic carbocycles. The monoisotopic (exact) mass is 1050 g/mol. The van der Waals surface area contributed by atoms with E-state index in [2.05, 4.69) is 293 Å². The van der Waals surface area contributed by atoms with Gasteiger partial charge in [0, 0.05) is 104 Å². The highest BCUT2D eigenvalue weighted by atomic mass is 16.5. The first kappa shape index (κ1) is 46.1. The third-order valence-corrected chi connectivity index (χ3v) is 16.5. The molecule has 8 nitrogen and oxygen atoms in total. The van der Waals surface area contributed by atoms with Crippen LogP contribution in [-0.2, 0) is 0 Å². The maximum atomic E-state index is 7.72. The lowest BCUT2D eigenvalue weighted by Gasteiger charge is -2.43. The third kappa shape index (κ3) is 7.21. The molecule has 0 aromatic heterocycles. The highest BCUT2D eigenvalue weighted by Gasteiger charge is 2.50.